The summed E-state index contributed by atoms with van der Waals surface area (Å²) in [5, 5.41) is 14.6. The summed E-state index contributed by atoms with van der Waals surface area (Å²) >= 11 is 1.77. The SMILES string of the molecule is CC1OC(C)C(c2nnc(CCCNC(C)(C)C)s2)C1C. The van der Waals surface area contributed by atoms with Crippen LogP contribution in [0.15, 0.2) is 0 Å². The fraction of sp³-hybridized carbons (Fsp3) is 0.875. The Morgan fingerprint density at radius 1 is 1.14 bits per heavy atom. The highest BCUT2D eigenvalue weighted by Crippen LogP contribution is 2.40. The van der Waals surface area contributed by atoms with Crippen molar-refractivity contribution < 1.29 is 4.74 Å². The summed E-state index contributed by atoms with van der Waals surface area (Å²) in [4.78, 5) is 0. The lowest BCUT2D eigenvalue weighted by atomic mass is 9.90. The summed E-state index contributed by atoms with van der Waals surface area (Å²) in [6.07, 6.45) is 2.67. The van der Waals surface area contributed by atoms with Crippen LogP contribution < -0.4 is 5.32 Å². The molecule has 0 aromatic carbocycles. The fourth-order valence-electron chi connectivity index (χ4n) is 2.90. The second-order valence-corrected chi connectivity index (χ2v) is 8.34. The molecule has 2 heterocycles. The van der Waals surface area contributed by atoms with Crippen LogP contribution >= 0.6 is 11.3 Å². The van der Waals surface area contributed by atoms with Crippen LogP contribution in [0, 0.1) is 5.92 Å². The van der Waals surface area contributed by atoms with E-state index in [4.69, 9.17) is 4.74 Å². The average molecular weight is 311 g/mol. The molecule has 4 nitrogen and oxygen atoms in total. The Bertz CT molecular complexity index is 455. The first kappa shape index (κ1) is 16.8. The highest BCUT2D eigenvalue weighted by atomic mass is 32.1. The molecule has 1 N–H and O–H groups in total. The third-order valence-electron chi connectivity index (χ3n) is 4.23. The van der Waals surface area contributed by atoms with Crippen LogP contribution in [0.5, 0.6) is 0 Å². The molecule has 0 aliphatic carbocycles. The maximum absolute atomic E-state index is 5.91. The van der Waals surface area contributed by atoms with Crippen LogP contribution in [-0.4, -0.2) is 34.5 Å². The van der Waals surface area contributed by atoms with Crippen molar-refractivity contribution in [3.63, 3.8) is 0 Å². The molecule has 1 saturated heterocycles. The molecule has 0 amide bonds. The van der Waals surface area contributed by atoms with Gasteiger partial charge in [0.2, 0.25) is 0 Å². The first-order valence-electron chi connectivity index (χ1n) is 8.00. The molecule has 0 spiro atoms. The molecule has 2 rings (SSSR count). The van der Waals surface area contributed by atoms with Crippen LogP contribution in [-0.2, 0) is 11.2 Å². The maximum Gasteiger partial charge on any atom is 0.123 e. The van der Waals surface area contributed by atoms with E-state index in [-0.39, 0.29) is 11.6 Å². The third kappa shape index (κ3) is 4.47. The summed E-state index contributed by atoms with van der Waals surface area (Å²) in [5.74, 6) is 0.919. The number of aryl methyl sites for hydroxylation is 1. The number of hydrogen-bond acceptors (Lipinski definition) is 5. The Morgan fingerprint density at radius 3 is 2.43 bits per heavy atom. The third-order valence-corrected chi connectivity index (χ3v) is 5.32. The zero-order chi connectivity index (χ0) is 15.6. The van der Waals surface area contributed by atoms with Crippen molar-refractivity contribution in [3.05, 3.63) is 10.0 Å². The molecule has 4 unspecified atom stereocenters. The van der Waals surface area contributed by atoms with E-state index in [1.165, 1.54) is 0 Å². The summed E-state index contributed by atoms with van der Waals surface area (Å²) in [7, 11) is 0. The molecule has 1 aromatic heterocycles. The predicted molar refractivity (Wildman–Crippen MR) is 87.9 cm³/mol. The van der Waals surface area contributed by atoms with Crippen molar-refractivity contribution >= 4 is 11.3 Å². The van der Waals surface area contributed by atoms with Gasteiger partial charge >= 0.3 is 0 Å². The summed E-state index contributed by atoms with van der Waals surface area (Å²) < 4.78 is 5.91. The van der Waals surface area contributed by atoms with E-state index in [1.807, 2.05) is 0 Å². The van der Waals surface area contributed by atoms with Gasteiger partial charge in [0.15, 0.2) is 0 Å². The Kier molecular flexibility index (Phi) is 5.38. The van der Waals surface area contributed by atoms with Gasteiger partial charge in [-0.05, 0) is 53.5 Å². The number of aromatic nitrogens is 2. The van der Waals surface area contributed by atoms with Gasteiger partial charge in [0, 0.05) is 17.9 Å². The number of nitrogens with one attached hydrogen (secondary N) is 1. The summed E-state index contributed by atoms with van der Waals surface area (Å²) in [6.45, 7) is 14.2. The van der Waals surface area contributed by atoms with E-state index in [1.54, 1.807) is 11.3 Å². The molecule has 5 heteroatoms. The van der Waals surface area contributed by atoms with Gasteiger partial charge in [0.05, 0.1) is 12.2 Å². The van der Waals surface area contributed by atoms with Crippen LogP contribution in [0.2, 0.25) is 0 Å². The average Bonchev–Trinajstić information content (AvgIpc) is 2.90. The van der Waals surface area contributed by atoms with Crippen molar-refractivity contribution in [2.75, 3.05) is 6.54 Å². The lowest BCUT2D eigenvalue weighted by Gasteiger charge is -2.20. The quantitative estimate of drug-likeness (QED) is 0.847. The minimum Gasteiger partial charge on any atom is -0.375 e. The van der Waals surface area contributed by atoms with Crippen LogP contribution in [0.4, 0.5) is 0 Å². The van der Waals surface area contributed by atoms with Gasteiger partial charge in [-0.3, -0.25) is 0 Å². The molecule has 0 radical (unpaired) electrons. The zero-order valence-corrected chi connectivity index (χ0v) is 15.0. The minimum atomic E-state index is 0.189. The molecule has 1 fully saturated rings. The number of rotatable bonds is 5. The summed E-state index contributed by atoms with van der Waals surface area (Å²) in [5.41, 5.74) is 0.189. The van der Waals surface area contributed by atoms with Gasteiger partial charge < -0.3 is 10.1 Å². The van der Waals surface area contributed by atoms with Crippen LogP contribution in [0.1, 0.15) is 63.9 Å². The molecular formula is C16H29N3OS. The number of ether oxygens (including phenoxy) is 1. The maximum atomic E-state index is 5.91. The van der Waals surface area contributed by atoms with Gasteiger partial charge in [-0.15, -0.1) is 21.5 Å². The number of nitrogens with zero attached hydrogens (tertiary/aromatic N) is 2. The summed E-state index contributed by atoms with van der Waals surface area (Å²) in [6, 6.07) is 0. The zero-order valence-electron chi connectivity index (χ0n) is 14.1. The minimum absolute atomic E-state index is 0.189. The van der Waals surface area contributed by atoms with Gasteiger partial charge in [-0.2, -0.15) is 0 Å². The topological polar surface area (TPSA) is 47.0 Å². The van der Waals surface area contributed by atoms with Gasteiger partial charge in [0.1, 0.15) is 10.0 Å². The molecule has 0 bridgehead atoms. The molecule has 1 aliphatic heterocycles. The highest BCUT2D eigenvalue weighted by Gasteiger charge is 2.39. The second-order valence-electron chi connectivity index (χ2n) is 7.25. The molecule has 0 saturated carbocycles. The first-order valence-corrected chi connectivity index (χ1v) is 8.82. The van der Waals surface area contributed by atoms with Crippen molar-refractivity contribution in [3.8, 4) is 0 Å². The van der Waals surface area contributed by atoms with Crippen molar-refractivity contribution in [1.29, 1.82) is 0 Å². The number of hydrogen-bond donors (Lipinski definition) is 1. The van der Waals surface area contributed by atoms with Gasteiger partial charge in [-0.25, -0.2) is 0 Å². The Labute approximate surface area is 132 Å². The molecule has 120 valence electrons. The molecular weight excluding hydrogens is 282 g/mol. The van der Waals surface area contributed by atoms with Gasteiger partial charge in [-0.1, -0.05) is 6.92 Å². The van der Waals surface area contributed by atoms with E-state index in [9.17, 15) is 0 Å². The van der Waals surface area contributed by atoms with Crippen molar-refractivity contribution in [1.82, 2.24) is 15.5 Å². The van der Waals surface area contributed by atoms with E-state index in [2.05, 4.69) is 57.1 Å². The van der Waals surface area contributed by atoms with Crippen LogP contribution in [0.3, 0.4) is 0 Å². The lowest BCUT2D eigenvalue weighted by molar-refractivity contribution is 0.0556. The molecule has 1 aromatic rings. The largest absolute Gasteiger partial charge is 0.375 e. The Morgan fingerprint density at radius 2 is 1.86 bits per heavy atom. The lowest BCUT2D eigenvalue weighted by Crippen LogP contribution is -2.36. The van der Waals surface area contributed by atoms with E-state index in [0.29, 0.717) is 17.9 Å². The molecule has 21 heavy (non-hydrogen) atoms. The van der Waals surface area contributed by atoms with E-state index < -0.39 is 0 Å². The normalized spacial score (nSPS) is 30.0. The van der Waals surface area contributed by atoms with E-state index in [0.717, 1.165) is 29.4 Å². The highest BCUT2D eigenvalue weighted by molar-refractivity contribution is 7.11. The standard InChI is InChI=1S/C16H29N3OS/c1-10-11(2)20-12(3)14(10)15-19-18-13(21-15)8-7-9-17-16(4,5)6/h10-12,14,17H,7-9H2,1-6H3. The van der Waals surface area contributed by atoms with Crippen LogP contribution in [0.25, 0.3) is 0 Å². The smallest absolute Gasteiger partial charge is 0.123 e. The molecule has 4 atom stereocenters. The van der Waals surface area contributed by atoms with Crippen molar-refractivity contribution in [2.24, 2.45) is 5.92 Å². The predicted octanol–water partition coefficient (Wildman–Crippen LogP) is 3.39. The van der Waals surface area contributed by atoms with Gasteiger partial charge in [0.25, 0.3) is 0 Å². The first-order chi connectivity index (χ1) is 9.78. The fourth-order valence-corrected chi connectivity index (χ4v) is 4.09. The van der Waals surface area contributed by atoms with E-state index >= 15 is 0 Å². The second kappa shape index (κ2) is 6.71. The van der Waals surface area contributed by atoms with Crippen molar-refractivity contribution in [2.45, 2.75) is 78.0 Å². The Balaban J connectivity index is 1.87. The monoisotopic (exact) mass is 311 g/mol. The molecule has 1 aliphatic rings. The Hall–Kier alpha value is -0.520.